The normalized spacial score (nSPS) is 19.0. The second-order valence-electron chi connectivity index (χ2n) is 6.43. The Morgan fingerprint density at radius 1 is 1.23 bits per heavy atom. The van der Waals surface area contributed by atoms with Gasteiger partial charge in [0.1, 0.15) is 22.0 Å². The third-order valence-electron chi connectivity index (χ3n) is 4.60. The molecule has 1 aromatic rings. The number of aryl methyl sites for hydroxylation is 1. The van der Waals surface area contributed by atoms with Gasteiger partial charge in [0.05, 0.1) is 11.5 Å². The molecule has 0 bridgehead atoms. The van der Waals surface area contributed by atoms with Crippen LogP contribution in [0.4, 0.5) is 5.69 Å². The molecule has 0 aliphatic heterocycles. The van der Waals surface area contributed by atoms with Crippen LogP contribution in [0.3, 0.4) is 0 Å². The number of hydrogen-bond donors (Lipinski definition) is 3. The van der Waals surface area contributed by atoms with Gasteiger partial charge in [-0.25, -0.2) is 4.21 Å². The summed E-state index contributed by atoms with van der Waals surface area (Å²) in [5.41, 5.74) is -0.577. The SMILES string of the molecule is CCc1ccc(S(=O)(=O)O)c(N=NC2=C(C)C(C(=O)S(=O)O)=C(O)C(CC)C2=O)c1. The highest BCUT2D eigenvalue weighted by Crippen LogP contribution is 2.35. The van der Waals surface area contributed by atoms with E-state index < -0.39 is 54.2 Å². The number of nitrogens with zero attached hydrogens (tertiary/aromatic N) is 2. The summed E-state index contributed by atoms with van der Waals surface area (Å²) < 4.78 is 53.0. The fourth-order valence-corrected chi connectivity index (χ4v) is 4.03. The zero-order chi connectivity index (χ0) is 22.8. The molecule has 0 saturated heterocycles. The number of carbonyl (C=O) groups is 2. The lowest BCUT2D eigenvalue weighted by Gasteiger charge is -2.22. The number of carbonyl (C=O) groups excluding carboxylic acids is 2. The monoisotopic (exact) mass is 456 g/mol. The van der Waals surface area contributed by atoms with Crippen molar-refractivity contribution < 1.29 is 36.4 Å². The van der Waals surface area contributed by atoms with Crippen molar-refractivity contribution >= 4 is 37.8 Å². The third kappa shape index (κ3) is 4.61. The van der Waals surface area contributed by atoms with Crippen molar-refractivity contribution in [3.63, 3.8) is 0 Å². The second-order valence-corrected chi connectivity index (χ2v) is 8.69. The zero-order valence-electron chi connectivity index (χ0n) is 16.3. The fourth-order valence-electron chi connectivity index (χ4n) is 2.99. The molecule has 0 fully saturated rings. The van der Waals surface area contributed by atoms with Gasteiger partial charge in [-0.2, -0.15) is 8.42 Å². The van der Waals surface area contributed by atoms with Gasteiger partial charge in [-0.15, -0.1) is 10.2 Å². The summed E-state index contributed by atoms with van der Waals surface area (Å²) in [6.07, 6.45) is 0.609. The molecule has 12 heteroatoms. The summed E-state index contributed by atoms with van der Waals surface area (Å²) >= 11 is -2.94. The number of allylic oxidation sites excluding steroid dienone is 3. The van der Waals surface area contributed by atoms with Crippen LogP contribution in [-0.2, 0) is 37.2 Å². The van der Waals surface area contributed by atoms with E-state index >= 15 is 0 Å². The standard InChI is InChI=1S/C18H20N2O8S2/c1-4-10-6-7-13(30(26,27)28)12(8-10)19-20-15-9(3)14(18(23)29(24)25)16(21)11(5-2)17(15)22/h6-8,11,21H,4-5H2,1-3H3,(H,24,25)(H,26,27,28). The molecule has 1 aromatic carbocycles. The van der Waals surface area contributed by atoms with Gasteiger partial charge >= 0.3 is 0 Å². The Hall–Kier alpha value is -2.54. The van der Waals surface area contributed by atoms with E-state index in [9.17, 15) is 31.9 Å². The van der Waals surface area contributed by atoms with Crippen molar-refractivity contribution in [2.75, 3.05) is 0 Å². The van der Waals surface area contributed by atoms with E-state index in [1.165, 1.54) is 19.1 Å². The summed E-state index contributed by atoms with van der Waals surface area (Å²) in [5, 5.41) is 16.6. The topological polar surface area (TPSA) is 171 Å². The second kappa shape index (κ2) is 9.08. The van der Waals surface area contributed by atoms with Crippen molar-refractivity contribution in [3.05, 3.63) is 46.4 Å². The third-order valence-corrected chi connectivity index (χ3v) is 6.03. The molecule has 1 aliphatic carbocycles. The average molecular weight is 456 g/mol. The molecule has 30 heavy (non-hydrogen) atoms. The van der Waals surface area contributed by atoms with Crippen LogP contribution in [0.1, 0.15) is 32.8 Å². The van der Waals surface area contributed by atoms with Gasteiger partial charge < -0.3 is 5.11 Å². The Balaban J connectivity index is 2.69. The van der Waals surface area contributed by atoms with E-state index in [0.717, 1.165) is 6.07 Å². The highest BCUT2D eigenvalue weighted by atomic mass is 32.2. The number of hydrogen-bond acceptors (Lipinski definition) is 8. The van der Waals surface area contributed by atoms with Crippen LogP contribution < -0.4 is 0 Å². The predicted molar refractivity (Wildman–Crippen MR) is 107 cm³/mol. The van der Waals surface area contributed by atoms with Gasteiger partial charge in [0.15, 0.2) is 5.78 Å². The van der Waals surface area contributed by atoms with E-state index in [1.54, 1.807) is 6.92 Å². The molecule has 162 valence electrons. The van der Waals surface area contributed by atoms with Gasteiger partial charge in [0, 0.05) is 0 Å². The largest absolute Gasteiger partial charge is 0.511 e. The number of ketones is 1. The molecular formula is C18H20N2O8S2. The first-order valence-corrected chi connectivity index (χ1v) is 11.3. The Morgan fingerprint density at radius 2 is 1.87 bits per heavy atom. The van der Waals surface area contributed by atoms with Gasteiger partial charge in [0.2, 0.25) is 11.1 Å². The average Bonchev–Trinajstić information content (AvgIpc) is 2.66. The van der Waals surface area contributed by atoms with Crippen molar-refractivity contribution in [2.24, 2.45) is 16.1 Å². The smallest absolute Gasteiger partial charge is 0.296 e. The minimum atomic E-state index is -4.63. The Morgan fingerprint density at radius 3 is 2.37 bits per heavy atom. The molecule has 0 radical (unpaired) electrons. The lowest BCUT2D eigenvalue weighted by atomic mass is 9.85. The zero-order valence-corrected chi connectivity index (χ0v) is 18.0. The highest BCUT2D eigenvalue weighted by molar-refractivity contribution is 7.95. The van der Waals surface area contributed by atoms with Gasteiger partial charge in [-0.1, -0.05) is 19.9 Å². The van der Waals surface area contributed by atoms with E-state index in [-0.39, 0.29) is 23.4 Å². The molecule has 0 amide bonds. The molecule has 1 aliphatic rings. The number of Topliss-reactive ketones (excluding diaryl/α,β-unsaturated/α-hetero) is 1. The Bertz CT molecular complexity index is 1130. The number of aliphatic hydroxyl groups excluding tert-OH is 1. The van der Waals surface area contributed by atoms with Crippen LogP contribution in [-0.4, -0.2) is 37.7 Å². The summed E-state index contributed by atoms with van der Waals surface area (Å²) in [6.45, 7) is 4.63. The first kappa shape index (κ1) is 23.7. The lowest BCUT2D eigenvalue weighted by molar-refractivity contribution is -0.119. The van der Waals surface area contributed by atoms with Crippen LogP contribution >= 0.6 is 0 Å². The van der Waals surface area contributed by atoms with Crippen LogP contribution in [0, 0.1) is 5.92 Å². The minimum absolute atomic E-state index is 0.0768. The van der Waals surface area contributed by atoms with Gasteiger partial charge in [-0.05, 0) is 43.0 Å². The molecule has 0 heterocycles. The molecular weight excluding hydrogens is 436 g/mol. The maximum atomic E-state index is 12.7. The van der Waals surface area contributed by atoms with Crippen molar-refractivity contribution in [1.82, 2.24) is 0 Å². The first-order chi connectivity index (χ1) is 13.9. The summed E-state index contributed by atoms with van der Waals surface area (Å²) in [4.78, 5) is 24.3. The van der Waals surface area contributed by atoms with E-state index in [1.807, 2.05) is 6.92 Å². The molecule has 0 spiro atoms. The molecule has 2 rings (SSSR count). The van der Waals surface area contributed by atoms with Crippen LogP contribution in [0.5, 0.6) is 0 Å². The summed E-state index contributed by atoms with van der Waals surface area (Å²) in [6, 6.07) is 4.01. The summed E-state index contributed by atoms with van der Waals surface area (Å²) in [5.74, 6) is -2.48. The van der Waals surface area contributed by atoms with Crippen LogP contribution in [0.15, 0.2) is 55.9 Å². The fraction of sp³-hybridized carbons (Fsp3) is 0.333. The van der Waals surface area contributed by atoms with Crippen molar-refractivity contribution in [3.8, 4) is 0 Å². The molecule has 0 aromatic heterocycles. The van der Waals surface area contributed by atoms with Crippen molar-refractivity contribution in [1.29, 1.82) is 0 Å². The van der Waals surface area contributed by atoms with Gasteiger partial charge in [0.25, 0.3) is 15.2 Å². The number of benzene rings is 1. The minimum Gasteiger partial charge on any atom is -0.511 e. The van der Waals surface area contributed by atoms with Gasteiger partial charge in [-0.3, -0.25) is 18.7 Å². The highest BCUT2D eigenvalue weighted by Gasteiger charge is 2.38. The Kier molecular flexibility index (Phi) is 7.18. The molecule has 2 unspecified atom stereocenters. The van der Waals surface area contributed by atoms with Crippen molar-refractivity contribution in [2.45, 2.75) is 38.5 Å². The first-order valence-electron chi connectivity index (χ1n) is 8.79. The molecule has 10 nitrogen and oxygen atoms in total. The number of azo groups is 1. The predicted octanol–water partition coefficient (Wildman–Crippen LogP) is 3.02. The van der Waals surface area contributed by atoms with Crippen LogP contribution in [0.25, 0.3) is 0 Å². The molecule has 2 atom stereocenters. The lowest BCUT2D eigenvalue weighted by Crippen LogP contribution is -2.28. The molecule has 3 N–H and O–H groups in total. The maximum absolute atomic E-state index is 12.7. The molecule has 0 saturated carbocycles. The van der Waals surface area contributed by atoms with E-state index in [4.69, 9.17) is 4.55 Å². The quantitative estimate of drug-likeness (QED) is 0.333. The summed E-state index contributed by atoms with van der Waals surface area (Å²) in [7, 11) is -4.63. The Labute approximate surface area is 175 Å². The van der Waals surface area contributed by atoms with Crippen LogP contribution in [0.2, 0.25) is 0 Å². The number of rotatable bonds is 6. The van der Waals surface area contributed by atoms with E-state index in [2.05, 4.69) is 10.2 Å². The number of aliphatic hydroxyl groups is 1. The maximum Gasteiger partial charge on any atom is 0.296 e. The van der Waals surface area contributed by atoms with E-state index in [0.29, 0.717) is 12.0 Å².